The first-order valence-electron chi connectivity index (χ1n) is 5.46. The number of halogens is 1. The Morgan fingerprint density at radius 3 is 3.12 bits per heavy atom. The number of ether oxygens (including phenoxy) is 1. The molecule has 1 saturated heterocycles. The van der Waals surface area contributed by atoms with E-state index >= 15 is 0 Å². The number of benzene rings is 1. The first-order valence-corrected chi connectivity index (χ1v) is 5.46. The Hall–Kier alpha value is -1.13. The van der Waals surface area contributed by atoms with Crippen LogP contribution in [0.15, 0.2) is 18.2 Å². The maximum atomic E-state index is 13.0. The third-order valence-electron chi connectivity index (χ3n) is 2.92. The standard InChI is InChI=1S/C12H16FNO2/c1-9-8-16-5-4-14(9)7-10-6-11(13)2-3-12(10)15/h2-3,6,9,15H,4-5,7-8H2,1H3. The van der Waals surface area contributed by atoms with E-state index in [0.29, 0.717) is 31.4 Å². The Kier molecular flexibility index (Phi) is 3.41. The van der Waals surface area contributed by atoms with Crippen LogP contribution in [-0.2, 0) is 11.3 Å². The fourth-order valence-electron chi connectivity index (χ4n) is 1.90. The Labute approximate surface area is 94.4 Å². The highest BCUT2D eigenvalue weighted by Crippen LogP contribution is 2.21. The molecule has 2 rings (SSSR count). The molecule has 1 N–H and O–H groups in total. The summed E-state index contributed by atoms with van der Waals surface area (Å²) in [6, 6.07) is 4.35. The van der Waals surface area contributed by atoms with Crippen molar-refractivity contribution in [2.75, 3.05) is 19.8 Å². The van der Waals surface area contributed by atoms with E-state index in [-0.39, 0.29) is 11.6 Å². The molecule has 0 spiro atoms. The second-order valence-corrected chi connectivity index (χ2v) is 4.17. The molecule has 88 valence electrons. The Morgan fingerprint density at radius 2 is 2.38 bits per heavy atom. The average molecular weight is 225 g/mol. The van der Waals surface area contributed by atoms with Crippen LogP contribution in [0.5, 0.6) is 5.75 Å². The second-order valence-electron chi connectivity index (χ2n) is 4.17. The van der Waals surface area contributed by atoms with Crippen LogP contribution in [0.25, 0.3) is 0 Å². The molecule has 0 aromatic heterocycles. The van der Waals surface area contributed by atoms with Crippen molar-refractivity contribution in [3.63, 3.8) is 0 Å². The summed E-state index contributed by atoms with van der Waals surface area (Å²) < 4.78 is 18.4. The van der Waals surface area contributed by atoms with Crippen molar-refractivity contribution in [3.8, 4) is 5.75 Å². The number of hydrogen-bond donors (Lipinski definition) is 1. The fourth-order valence-corrected chi connectivity index (χ4v) is 1.90. The first-order chi connectivity index (χ1) is 7.66. The molecule has 1 aromatic rings. The number of phenolic OH excluding ortho intramolecular Hbond substituents is 1. The number of hydrogen-bond acceptors (Lipinski definition) is 3. The molecule has 3 nitrogen and oxygen atoms in total. The van der Waals surface area contributed by atoms with Crippen LogP contribution in [0.1, 0.15) is 12.5 Å². The summed E-state index contributed by atoms with van der Waals surface area (Å²) in [6.45, 7) is 4.83. The number of morpholine rings is 1. The lowest BCUT2D eigenvalue weighted by molar-refractivity contribution is -0.00467. The molecular formula is C12H16FNO2. The van der Waals surface area contributed by atoms with Gasteiger partial charge in [0, 0.05) is 24.7 Å². The molecule has 1 aliphatic heterocycles. The molecule has 1 heterocycles. The smallest absolute Gasteiger partial charge is 0.123 e. The van der Waals surface area contributed by atoms with Crippen LogP contribution in [0, 0.1) is 5.82 Å². The average Bonchev–Trinajstić information content (AvgIpc) is 2.27. The largest absolute Gasteiger partial charge is 0.508 e. The zero-order valence-corrected chi connectivity index (χ0v) is 9.32. The van der Waals surface area contributed by atoms with E-state index < -0.39 is 0 Å². The predicted octanol–water partition coefficient (Wildman–Crippen LogP) is 1.75. The topological polar surface area (TPSA) is 32.7 Å². The van der Waals surface area contributed by atoms with E-state index in [4.69, 9.17) is 4.74 Å². The van der Waals surface area contributed by atoms with Gasteiger partial charge in [0.05, 0.1) is 13.2 Å². The normalized spacial score (nSPS) is 22.2. The first kappa shape index (κ1) is 11.4. The van der Waals surface area contributed by atoms with Gasteiger partial charge in [-0.05, 0) is 25.1 Å². The molecule has 0 amide bonds. The van der Waals surface area contributed by atoms with E-state index in [1.807, 2.05) is 0 Å². The van der Waals surface area contributed by atoms with Gasteiger partial charge in [0.25, 0.3) is 0 Å². The van der Waals surface area contributed by atoms with E-state index in [1.165, 1.54) is 18.2 Å². The molecule has 0 saturated carbocycles. The Morgan fingerprint density at radius 1 is 1.56 bits per heavy atom. The van der Waals surface area contributed by atoms with E-state index in [1.54, 1.807) is 0 Å². The van der Waals surface area contributed by atoms with Gasteiger partial charge in [-0.1, -0.05) is 0 Å². The third-order valence-corrected chi connectivity index (χ3v) is 2.92. The van der Waals surface area contributed by atoms with Crippen LogP contribution in [0.4, 0.5) is 4.39 Å². The summed E-state index contributed by atoms with van der Waals surface area (Å²) in [5.41, 5.74) is 0.633. The molecule has 1 unspecified atom stereocenters. The van der Waals surface area contributed by atoms with Crippen molar-refractivity contribution < 1.29 is 14.2 Å². The minimum absolute atomic E-state index is 0.153. The summed E-state index contributed by atoms with van der Waals surface area (Å²) in [7, 11) is 0. The van der Waals surface area contributed by atoms with Crippen LogP contribution in [0.2, 0.25) is 0 Å². The summed E-state index contributed by atoms with van der Waals surface area (Å²) in [4.78, 5) is 2.18. The zero-order chi connectivity index (χ0) is 11.5. The van der Waals surface area contributed by atoms with Gasteiger partial charge in [-0.3, -0.25) is 4.90 Å². The second kappa shape index (κ2) is 4.80. The fraction of sp³-hybridized carbons (Fsp3) is 0.500. The van der Waals surface area contributed by atoms with Crippen molar-refractivity contribution in [1.82, 2.24) is 4.90 Å². The molecule has 0 aliphatic carbocycles. The van der Waals surface area contributed by atoms with Crippen molar-refractivity contribution in [3.05, 3.63) is 29.6 Å². The molecule has 1 fully saturated rings. The predicted molar refractivity (Wildman–Crippen MR) is 58.8 cm³/mol. The highest BCUT2D eigenvalue weighted by molar-refractivity contribution is 5.32. The van der Waals surface area contributed by atoms with Gasteiger partial charge in [0.15, 0.2) is 0 Å². The Balaban J connectivity index is 2.10. The molecule has 1 atom stereocenters. The van der Waals surface area contributed by atoms with Gasteiger partial charge in [-0.25, -0.2) is 4.39 Å². The van der Waals surface area contributed by atoms with Crippen molar-refractivity contribution >= 4 is 0 Å². The van der Waals surface area contributed by atoms with Gasteiger partial charge in [-0.15, -0.1) is 0 Å². The third kappa shape index (κ3) is 2.51. The highest BCUT2D eigenvalue weighted by Gasteiger charge is 2.19. The van der Waals surface area contributed by atoms with Crippen molar-refractivity contribution in [1.29, 1.82) is 0 Å². The lowest BCUT2D eigenvalue weighted by Gasteiger charge is -2.33. The van der Waals surface area contributed by atoms with Crippen LogP contribution in [0.3, 0.4) is 0 Å². The Bertz CT molecular complexity index is 370. The van der Waals surface area contributed by atoms with E-state index in [9.17, 15) is 9.50 Å². The minimum Gasteiger partial charge on any atom is -0.508 e. The van der Waals surface area contributed by atoms with Gasteiger partial charge in [0.2, 0.25) is 0 Å². The molecule has 0 radical (unpaired) electrons. The van der Waals surface area contributed by atoms with Crippen LogP contribution in [-0.4, -0.2) is 35.8 Å². The summed E-state index contributed by atoms with van der Waals surface area (Å²) in [5.74, 6) is -0.159. The van der Waals surface area contributed by atoms with Crippen LogP contribution >= 0.6 is 0 Å². The maximum Gasteiger partial charge on any atom is 0.123 e. The molecule has 1 aliphatic rings. The van der Waals surface area contributed by atoms with Crippen LogP contribution < -0.4 is 0 Å². The summed E-state index contributed by atoms with van der Waals surface area (Å²) in [5, 5.41) is 9.63. The van der Waals surface area contributed by atoms with Crippen molar-refractivity contribution in [2.24, 2.45) is 0 Å². The molecule has 0 bridgehead atoms. The number of rotatable bonds is 2. The summed E-state index contributed by atoms with van der Waals surface area (Å²) >= 11 is 0. The monoisotopic (exact) mass is 225 g/mol. The molecule has 1 aromatic carbocycles. The summed E-state index contributed by atoms with van der Waals surface area (Å²) in [6.07, 6.45) is 0. The zero-order valence-electron chi connectivity index (χ0n) is 9.32. The van der Waals surface area contributed by atoms with Gasteiger partial charge in [0.1, 0.15) is 11.6 Å². The molecular weight excluding hydrogens is 209 g/mol. The van der Waals surface area contributed by atoms with Crippen molar-refractivity contribution in [2.45, 2.75) is 19.5 Å². The number of aromatic hydroxyl groups is 1. The lowest BCUT2D eigenvalue weighted by Crippen LogP contribution is -2.42. The minimum atomic E-state index is -0.311. The maximum absolute atomic E-state index is 13.0. The van der Waals surface area contributed by atoms with Gasteiger partial charge < -0.3 is 9.84 Å². The molecule has 16 heavy (non-hydrogen) atoms. The highest BCUT2D eigenvalue weighted by atomic mass is 19.1. The molecule has 4 heteroatoms. The SMILES string of the molecule is CC1COCCN1Cc1cc(F)ccc1O. The quantitative estimate of drug-likeness (QED) is 0.832. The number of phenols is 1. The van der Waals surface area contributed by atoms with Gasteiger partial charge in [-0.2, -0.15) is 0 Å². The lowest BCUT2D eigenvalue weighted by atomic mass is 10.1. The van der Waals surface area contributed by atoms with Gasteiger partial charge >= 0.3 is 0 Å². The van der Waals surface area contributed by atoms with E-state index in [0.717, 1.165) is 6.54 Å². The van der Waals surface area contributed by atoms with E-state index in [2.05, 4.69) is 11.8 Å². The number of nitrogens with zero attached hydrogens (tertiary/aromatic N) is 1.